The van der Waals surface area contributed by atoms with E-state index in [4.69, 9.17) is 14.2 Å². The van der Waals surface area contributed by atoms with Crippen molar-refractivity contribution in [2.45, 2.75) is 111 Å². The van der Waals surface area contributed by atoms with Crippen molar-refractivity contribution < 1.29 is 23.8 Å². The molecule has 0 radical (unpaired) electrons. The first kappa shape index (κ1) is 32.5. The van der Waals surface area contributed by atoms with Gasteiger partial charge in [-0.2, -0.15) is 0 Å². The largest absolute Gasteiger partial charge is 0.494 e. The standard InChI is InChI=1S/C32H50O5/c1-5-6-7-8-9-10-11-12-13-14-15-16-17-18-23-35-30-21-19-29(20-22-30)26-28(4)32(34)37-25-24-36-31(33)27(2)3/h19-22,26H,2,5-18,23-25H2,1,3-4H3/b28-26+. The second-order valence-electron chi connectivity index (χ2n) is 9.89. The molecule has 0 aliphatic carbocycles. The monoisotopic (exact) mass is 514 g/mol. The molecule has 0 spiro atoms. The Labute approximate surface area is 225 Å². The molecule has 0 fully saturated rings. The van der Waals surface area contributed by atoms with E-state index in [0.717, 1.165) is 24.3 Å². The molecule has 0 N–H and O–H groups in total. The normalized spacial score (nSPS) is 11.3. The number of rotatable bonds is 22. The van der Waals surface area contributed by atoms with E-state index in [0.29, 0.717) is 11.1 Å². The fourth-order valence-electron chi connectivity index (χ4n) is 3.96. The van der Waals surface area contributed by atoms with E-state index in [9.17, 15) is 9.59 Å². The molecule has 1 aromatic carbocycles. The summed E-state index contributed by atoms with van der Waals surface area (Å²) in [6.07, 6.45) is 20.6. The minimum atomic E-state index is -0.491. The Morgan fingerprint density at radius 2 is 1.14 bits per heavy atom. The molecule has 208 valence electrons. The van der Waals surface area contributed by atoms with Crippen LogP contribution in [0.5, 0.6) is 5.75 Å². The third kappa shape index (κ3) is 17.5. The second-order valence-corrected chi connectivity index (χ2v) is 9.89. The van der Waals surface area contributed by atoms with Crippen molar-refractivity contribution in [2.75, 3.05) is 19.8 Å². The first-order valence-corrected chi connectivity index (χ1v) is 14.3. The van der Waals surface area contributed by atoms with Crippen LogP contribution in [-0.2, 0) is 19.1 Å². The van der Waals surface area contributed by atoms with Crippen LogP contribution in [0.15, 0.2) is 42.0 Å². The van der Waals surface area contributed by atoms with Crippen molar-refractivity contribution >= 4 is 18.0 Å². The first-order valence-electron chi connectivity index (χ1n) is 14.3. The zero-order valence-corrected chi connectivity index (χ0v) is 23.7. The van der Waals surface area contributed by atoms with Gasteiger partial charge >= 0.3 is 11.9 Å². The molecular formula is C32H50O5. The highest BCUT2D eigenvalue weighted by atomic mass is 16.6. The van der Waals surface area contributed by atoms with Crippen LogP contribution >= 0.6 is 0 Å². The summed E-state index contributed by atoms with van der Waals surface area (Å²) >= 11 is 0. The van der Waals surface area contributed by atoms with Crippen LogP contribution in [0.2, 0.25) is 0 Å². The van der Waals surface area contributed by atoms with Crippen molar-refractivity contribution in [3.8, 4) is 5.75 Å². The van der Waals surface area contributed by atoms with Gasteiger partial charge in [-0.25, -0.2) is 9.59 Å². The number of carbonyl (C=O) groups is 2. The first-order chi connectivity index (χ1) is 17.9. The highest BCUT2D eigenvalue weighted by Gasteiger charge is 2.08. The Kier molecular flexibility index (Phi) is 18.9. The third-order valence-corrected chi connectivity index (χ3v) is 6.25. The maximum absolute atomic E-state index is 12.1. The van der Waals surface area contributed by atoms with E-state index < -0.39 is 11.9 Å². The van der Waals surface area contributed by atoms with Gasteiger partial charge in [-0.1, -0.05) is 109 Å². The van der Waals surface area contributed by atoms with Gasteiger partial charge in [0.05, 0.1) is 6.61 Å². The lowest BCUT2D eigenvalue weighted by Gasteiger charge is -2.08. The van der Waals surface area contributed by atoms with Gasteiger partial charge in [-0.15, -0.1) is 0 Å². The summed E-state index contributed by atoms with van der Waals surface area (Å²) in [5.74, 6) is -0.0918. The van der Waals surface area contributed by atoms with Gasteiger partial charge in [0.1, 0.15) is 19.0 Å². The molecule has 0 saturated carbocycles. The molecule has 1 rings (SSSR count). The van der Waals surface area contributed by atoms with Gasteiger partial charge in [0.15, 0.2) is 0 Å². The van der Waals surface area contributed by atoms with Gasteiger partial charge < -0.3 is 14.2 Å². The number of benzene rings is 1. The predicted octanol–water partition coefficient (Wildman–Crippen LogP) is 8.61. The van der Waals surface area contributed by atoms with Crippen molar-refractivity contribution in [3.63, 3.8) is 0 Å². The lowest BCUT2D eigenvalue weighted by molar-refractivity contribution is -0.147. The van der Waals surface area contributed by atoms with Crippen molar-refractivity contribution in [3.05, 3.63) is 47.6 Å². The molecule has 0 heterocycles. The zero-order valence-electron chi connectivity index (χ0n) is 23.7. The maximum atomic E-state index is 12.1. The number of hydrogen-bond acceptors (Lipinski definition) is 5. The lowest BCUT2D eigenvalue weighted by atomic mass is 10.0. The topological polar surface area (TPSA) is 61.8 Å². The molecule has 0 bridgehead atoms. The van der Waals surface area contributed by atoms with E-state index in [-0.39, 0.29) is 13.2 Å². The van der Waals surface area contributed by atoms with Gasteiger partial charge in [0, 0.05) is 11.1 Å². The van der Waals surface area contributed by atoms with Gasteiger partial charge in [0.2, 0.25) is 0 Å². The quantitative estimate of drug-likeness (QED) is 0.0880. The molecule has 0 unspecified atom stereocenters. The number of ether oxygens (including phenoxy) is 3. The lowest BCUT2D eigenvalue weighted by Crippen LogP contribution is -2.14. The van der Waals surface area contributed by atoms with E-state index in [1.54, 1.807) is 19.9 Å². The molecule has 0 aromatic heterocycles. The van der Waals surface area contributed by atoms with Gasteiger partial charge in [-0.3, -0.25) is 0 Å². The molecule has 0 aliphatic heterocycles. The fraction of sp³-hybridized carbons (Fsp3) is 0.625. The molecule has 0 saturated heterocycles. The van der Waals surface area contributed by atoms with E-state index >= 15 is 0 Å². The Hall–Kier alpha value is -2.56. The van der Waals surface area contributed by atoms with E-state index in [1.807, 2.05) is 24.3 Å². The molecule has 0 atom stereocenters. The van der Waals surface area contributed by atoms with E-state index in [1.165, 1.54) is 83.5 Å². The maximum Gasteiger partial charge on any atom is 0.333 e. The molecule has 1 aromatic rings. The molecular weight excluding hydrogens is 464 g/mol. The van der Waals surface area contributed by atoms with E-state index in [2.05, 4.69) is 13.5 Å². The summed E-state index contributed by atoms with van der Waals surface area (Å²) in [7, 11) is 0. The molecule has 5 heteroatoms. The van der Waals surface area contributed by atoms with Crippen molar-refractivity contribution in [1.29, 1.82) is 0 Å². The minimum absolute atomic E-state index is 0.00899. The van der Waals surface area contributed by atoms with Crippen LogP contribution < -0.4 is 4.74 Å². The van der Waals surface area contributed by atoms with Crippen LogP contribution in [0.3, 0.4) is 0 Å². The van der Waals surface area contributed by atoms with Crippen molar-refractivity contribution in [1.82, 2.24) is 0 Å². The van der Waals surface area contributed by atoms with Crippen LogP contribution in [0.4, 0.5) is 0 Å². The highest BCUT2D eigenvalue weighted by Crippen LogP contribution is 2.16. The SMILES string of the molecule is C=C(C)C(=O)OCCOC(=O)/C(C)=C/c1ccc(OCCCCCCCCCCCCCCCC)cc1. The van der Waals surface area contributed by atoms with Crippen LogP contribution in [0.25, 0.3) is 6.08 Å². The summed E-state index contributed by atoms with van der Waals surface area (Å²) in [5, 5.41) is 0. The average Bonchev–Trinajstić information content (AvgIpc) is 2.89. The van der Waals surface area contributed by atoms with Crippen LogP contribution in [0.1, 0.15) is 116 Å². The van der Waals surface area contributed by atoms with Crippen molar-refractivity contribution in [2.24, 2.45) is 0 Å². The summed E-state index contributed by atoms with van der Waals surface area (Å²) in [6.45, 7) is 9.79. The summed E-state index contributed by atoms with van der Waals surface area (Å²) < 4.78 is 15.9. The average molecular weight is 515 g/mol. The van der Waals surface area contributed by atoms with Gasteiger partial charge in [-0.05, 0) is 44.0 Å². The Bertz CT molecular complexity index is 794. The smallest absolute Gasteiger partial charge is 0.333 e. The Morgan fingerprint density at radius 1 is 0.676 bits per heavy atom. The predicted molar refractivity (Wildman–Crippen MR) is 153 cm³/mol. The van der Waals surface area contributed by atoms with Crippen LogP contribution in [-0.4, -0.2) is 31.8 Å². The third-order valence-electron chi connectivity index (χ3n) is 6.25. The molecule has 37 heavy (non-hydrogen) atoms. The zero-order chi connectivity index (χ0) is 27.1. The molecule has 0 aliphatic rings. The fourth-order valence-corrected chi connectivity index (χ4v) is 3.96. The number of carbonyl (C=O) groups excluding carboxylic acids is 2. The second kappa shape index (κ2) is 21.5. The Balaban J connectivity index is 2.08. The van der Waals surface area contributed by atoms with Crippen LogP contribution in [0, 0.1) is 0 Å². The molecule has 0 amide bonds. The van der Waals surface area contributed by atoms with Gasteiger partial charge in [0.25, 0.3) is 0 Å². The molecule has 5 nitrogen and oxygen atoms in total. The number of esters is 2. The highest BCUT2D eigenvalue weighted by molar-refractivity contribution is 5.93. The number of unbranched alkanes of at least 4 members (excludes halogenated alkanes) is 13. The number of hydrogen-bond donors (Lipinski definition) is 0. The Morgan fingerprint density at radius 3 is 1.62 bits per heavy atom. The summed E-state index contributed by atoms with van der Waals surface area (Å²) in [4.78, 5) is 23.4. The minimum Gasteiger partial charge on any atom is -0.494 e. The summed E-state index contributed by atoms with van der Waals surface area (Å²) in [6, 6.07) is 7.69. The summed E-state index contributed by atoms with van der Waals surface area (Å²) in [5.41, 5.74) is 1.68.